The smallest absolute Gasteiger partial charge is 0.234 e. The first-order chi connectivity index (χ1) is 14.6. The molecule has 1 N–H and O–H groups in total. The van der Waals surface area contributed by atoms with Gasteiger partial charge in [0.25, 0.3) is 0 Å². The molecule has 4 aromatic rings. The van der Waals surface area contributed by atoms with Gasteiger partial charge in [0, 0.05) is 29.1 Å². The molecule has 30 heavy (non-hydrogen) atoms. The van der Waals surface area contributed by atoms with Crippen LogP contribution in [-0.2, 0) is 16.0 Å². The van der Waals surface area contributed by atoms with Gasteiger partial charge in [-0.2, -0.15) is 0 Å². The summed E-state index contributed by atoms with van der Waals surface area (Å²) in [6.45, 7) is 2.73. The molecule has 0 spiro atoms. The van der Waals surface area contributed by atoms with E-state index in [0.717, 1.165) is 34.8 Å². The van der Waals surface area contributed by atoms with Gasteiger partial charge in [-0.15, -0.1) is 0 Å². The summed E-state index contributed by atoms with van der Waals surface area (Å²) >= 11 is 6.29. The largest absolute Gasteiger partial charge is 0.378 e. The van der Waals surface area contributed by atoms with Crippen LogP contribution in [0.1, 0.15) is 31.6 Å². The topological polar surface area (TPSA) is 95.1 Å². The van der Waals surface area contributed by atoms with Crippen molar-refractivity contribution in [1.29, 1.82) is 0 Å². The first-order valence-corrected chi connectivity index (χ1v) is 10.2. The molecule has 0 radical (unpaired) electrons. The van der Waals surface area contributed by atoms with Crippen LogP contribution >= 0.6 is 11.6 Å². The summed E-state index contributed by atoms with van der Waals surface area (Å²) < 4.78 is 12.9. The maximum Gasteiger partial charge on any atom is 0.234 e. The Morgan fingerprint density at radius 1 is 1.33 bits per heavy atom. The van der Waals surface area contributed by atoms with Gasteiger partial charge in [-0.05, 0) is 38.0 Å². The van der Waals surface area contributed by atoms with Crippen molar-refractivity contribution in [2.45, 2.75) is 38.3 Å². The quantitative estimate of drug-likeness (QED) is 0.527. The number of amides is 1. The van der Waals surface area contributed by atoms with Gasteiger partial charge in [0.15, 0.2) is 0 Å². The second kappa shape index (κ2) is 7.70. The molecule has 8 nitrogen and oxygen atoms in total. The molecule has 154 valence electrons. The highest BCUT2D eigenvalue weighted by atomic mass is 35.5. The molecular formula is C21H20ClN5O3. The van der Waals surface area contributed by atoms with Crippen LogP contribution < -0.4 is 5.32 Å². The molecule has 1 aromatic carbocycles. The monoisotopic (exact) mass is 425 g/mol. The Bertz CT molecular complexity index is 1220. The fourth-order valence-corrected chi connectivity index (χ4v) is 4.30. The van der Waals surface area contributed by atoms with Gasteiger partial charge in [-0.3, -0.25) is 15.1 Å². The van der Waals surface area contributed by atoms with Crippen molar-refractivity contribution < 1.29 is 14.1 Å². The molecule has 0 saturated carbocycles. The zero-order valence-corrected chi connectivity index (χ0v) is 17.1. The lowest BCUT2D eigenvalue weighted by Crippen LogP contribution is -2.27. The average molecular weight is 426 g/mol. The van der Waals surface area contributed by atoms with Crippen molar-refractivity contribution in [3.05, 3.63) is 47.5 Å². The highest BCUT2D eigenvalue weighted by Crippen LogP contribution is 2.34. The zero-order chi connectivity index (χ0) is 20.7. The number of fused-ring (bicyclic) bond motifs is 3. The SMILES string of the molecule is C[C@@H]1C[C@H](n2c(CC(=O)Nc3ccno3)nc3cnc4ccc(Cl)cc4c32)CCO1. The molecule has 5 rings (SSSR count). The highest BCUT2D eigenvalue weighted by Gasteiger charge is 2.27. The summed E-state index contributed by atoms with van der Waals surface area (Å²) in [5.41, 5.74) is 2.53. The number of imidazole rings is 1. The van der Waals surface area contributed by atoms with E-state index in [-0.39, 0.29) is 24.5 Å². The van der Waals surface area contributed by atoms with Crippen LogP contribution in [-0.4, -0.2) is 38.3 Å². The Hall–Kier alpha value is -2.97. The maximum absolute atomic E-state index is 12.7. The number of halogens is 1. The van der Waals surface area contributed by atoms with Crippen LogP contribution in [0.2, 0.25) is 5.02 Å². The number of hydrogen-bond donors (Lipinski definition) is 1. The van der Waals surface area contributed by atoms with Gasteiger partial charge in [0.2, 0.25) is 11.8 Å². The summed E-state index contributed by atoms with van der Waals surface area (Å²) in [6, 6.07) is 7.39. The van der Waals surface area contributed by atoms with Crippen molar-refractivity contribution in [3.63, 3.8) is 0 Å². The third kappa shape index (κ3) is 3.53. The molecule has 1 fully saturated rings. The summed E-state index contributed by atoms with van der Waals surface area (Å²) in [5, 5.41) is 7.89. The number of anilines is 1. The summed E-state index contributed by atoms with van der Waals surface area (Å²) in [5.74, 6) is 0.760. The summed E-state index contributed by atoms with van der Waals surface area (Å²) in [7, 11) is 0. The molecule has 0 bridgehead atoms. The second-order valence-corrected chi connectivity index (χ2v) is 7.95. The normalized spacial score (nSPS) is 19.4. The lowest BCUT2D eigenvalue weighted by atomic mass is 10.0. The molecule has 3 aromatic heterocycles. The van der Waals surface area contributed by atoms with E-state index in [1.54, 1.807) is 12.3 Å². The van der Waals surface area contributed by atoms with Crippen molar-refractivity contribution >= 4 is 45.3 Å². The van der Waals surface area contributed by atoms with E-state index in [1.807, 2.05) is 18.2 Å². The molecular weight excluding hydrogens is 406 g/mol. The maximum atomic E-state index is 12.7. The van der Waals surface area contributed by atoms with Gasteiger partial charge in [0.05, 0.1) is 36.0 Å². The lowest BCUT2D eigenvalue weighted by molar-refractivity contribution is -0.115. The predicted molar refractivity (Wildman–Crippen MR) is 113 cm³/mol. The third-order valence-corrected chi connectivity index (χ3v) is 5.63. The Morgan fingerprint density at radius 2 is 2.23 bits per heavy atom. The number of hydrogen-bond acceptors (Lipinski definition) is 6. The van der Waals surface area contributed by atoms with E-state index in [9.17, 15) is 4.79 Å². The van der Waals surface area contributed by atoms with E-state index in [0.29, 0.717) is 23.3 Å². The Balaban J connectivity index is 1.63. The van der Waals surface area contributed by atoms with Crippen LogP contribution in [0.15, 0.2) is 41.2 Å². The van der Waals surface area contributed by atoms with Crippen molar-refractivity contribution in [2.24, 2.45) is 0 Å². The standard InChI is InChI=1S/C21H20ClN5O3/c1-12-8-14(5-7-29-12)27-18(10-19(28)26-20-4-6-24-30-20)25-17-11-23-16-3-2-13(22)9-15(16)21(17)27/h2-4,6,9,11-12,14H,5,7-8,10H2,1H3,(H,26,28)/t12-,14-/m1/s1. The van der Waals surface area contributed by atoms with E-state index < -0.39 is 0 Å². The van der Waals surface area contributed by atoms with Gasteiger partial charge in [-0.1, -0.05) is 16.8 Å². The van der Waals surface area contributed by atoms with Crippen LogP contribution in [0.5, 0.6) is 0 Å². The number of nitrogens with one attached hydrogen (secondary N) is 1. The highest BCUT2D eigenvalue weighted by molar-refractivity contribution is 6.31. The van der Waals surface area contributed by atoms with Crippen LogP contribution in [0.4, 0.5) is 5.88 Å². The first-order valence-electron chi connectivity index (χ1n) is 9.85. The van der Waals surface area contributed by atoms with E-state index in [2.05, 4.69) is 26.9 Å². The van der Waals surface area contributed by atoms with Crippen molar-refractivity contribution in [1.82, 2.24) is 19.7 Å². The van der Waals surface area contributed by atoms with Crippen LogP contribution in [0, 0.1) is 0 Å². The minimum absolute atomic E-state index is 0.100. The van der Waals surface area contributed by atoms with E-state index in [1.165, 1.54) is 6.20 Å². The van der Waals surface area contributed by atoms with Gasteiger partial charge in [0.1, 0.15) is 11.3 Å². The van der Waals surface area contributed by atoms with Crippen molar-refractivity contribution in [3.8, 4) is 0 Å². The summed E-state index contributed by atoms with van der Waals surface area (Å²) in [4.78, 5) is 22.0. The third-order valence-electron chi connectivity index (χ3n) is 5.39. The Morgan fingerprint density at radius 3 is 3.03 bits per heavy atom. The zero-order valence-electron chi connectivity index (χ0n) is 16.3. The van der Waals surface area contributed by atoms with E-state index >= 15 is 0 Å². The molecule has 4 heterocycles. The number of pyridine rings is 1. The fourth-order valence-electron chi connectivity index (χ4n) is 4.13. The van der Waals surface area contributed by atoms with Gasteiger partial charge >= 0.3 is 0 Å². The minimum atomic E-state index is -0.223. The van der Waals surface area contributed by atoms with Crippen molar-refractivity contribution in [2.75, 3.05) is 11.9 Å². The number of aromatic nitrogens is 4. The number of carbonyl (C=O) groups is 1. The molecule has 1 aliphatic heterocycles. The number of nitrogens with zero attached hydrogens (tertiary/aromatic N) is 4. The van der Waals surface area contributed by atoms with Crippen LogP contribution in [0.3, 0.4) is 0 Å². The fraction of sp³-hybridized carbons (Fsp3) is 0.333. The predicted octanol–water partition coefficient (Wildman–Crippen LogP) is 4.15. The van der Waals surface area contributed by atoms with Gasteiger partial charge < -0.3 is 13.8 Å². The lowest BCUT2D eigenvalue weighted by Gasteiger charge is -2.30. The Kier molecular flexibility index (Phi) is 4.88. The molecule has 1 saturated heterocycles. The number of benzene rings is 1. The molecule has 0 unspecified atom stereocenters. The average Bonchev–Trinajstić information content (AvgIpc) is 3.35. The number of rotatable bonds is 4. The number of carbonyl (C=O) groups excluding carboxylic acids is 1. The summed E-state index contributed by atoms with van der Waals surface area (Å²) in [6.07, 6.45) is 5.15. The second-order valence-electron chi connectivity index (χ2n) is 7.51. The van der Waals surface area contributed by atoms with Crippen LogP contribution in [0.25, 0.3) is 21.9 Å². The molecule has 1 amide bonds. The number of ether oxygens (including phenoxy) is 1. The molecule has 2 atom stereocenters. The Labute approximate surface area is 177 Å². The molecule has 0 aliphatic carbocycles. The molecule has 1 aliphatic rings. The minimum Gasteiger partial charge on any atom is -0.378 e. The van der Waals surface area contributed by atoms with Gasteiger partial charge in [-0.25, -0.2) is 4.98 Å². The first kappa shape index (κ1) is 19.0. The molecule has 9 heteroatoms. The van der Waals surface area contributed by atoms with E-state index in [4.69, 9.17) is 25.8 Å².